The molecule has 0 atom stereocenters. The molecule has 0 aliphatic carbocycles. The van der Waals surface area contributed by atoms with E-state index in [9.17, 15) is 9.59 Å². The molecule has 1 aromatic rings. The normalized spacial score (nSPS) is 10.8. The van der Waals surface area contributed by atoms with Crippen LogP contribution in [0.4, 0.5) is 0 Å². The number of ether oxygens (including phenoxy) is 1. The van der Waals surface area contributed by atoms with Crippen LogP contribution in [0.15, 0.2) is 36.0 Å². The molecule has 0 spiro atoms. The largest absolute Gasteiger partial charge is 0.464 e. The van der Waals surface area contributed by atoms with Crippen LogP contribution in [-0.4, -0.2) is 25.5 Å². The summed E-state index contributed by atoms with van der Waals surface area (Å²) in [5.41, 5.74) is 6.01. The number of hydrogen-bond donors (Lipinski definition) is 2. The van der Waals surface area contributed by atoms with Gasteiger partial charge in [-0.1, -0.05) is 30.3 Å². The van der Waals surface area contributed by atoms with Gasteiger partial charge in [-0.05, 0) is 11.6 Å². The topological polar surface area (TPSA) is 81.4 Å². The molecule has 0 aliphatic heterocycles. The number of benzene rings is 1. The smallest absolute Gasteiger partial charge is 0.354 e. The minimum absolute atomic E-state index is 0.0640. The average Bonchev–Trinajstić information content (AvgIpc) is 2.38. The van der Waals surface area contributed by atoms with Gasteiger partial charge in [0.15, 0.2) is 0 Å². The predicted molar refractivity (Wildman–Crippen MR) is 63.6 cm³/mol. The zero-order chi connectivity index (χ0) is 12.7. The van der Waals surface area contributed by atoms with Gasteiger partial charge < -0.3 is 15.8 Å². The number of hydrogen-bond acceptors (Lipinski definition) is 4. The first-order valence-electron chi connectivity index (χ1n) is 5.02. The van der Waals surface area contributed by atoms with E-state index >= 15 is 0 Å². The summed E-state index contributed by atoms with van der Waals surface area (Å²) in [4.78, 5) is 22.6. The summed E-state index contributed by atoms with van der Waals surface area (Å²) in [7, 11) is 1.25. The molecule has 0 fully saturated rings. The Morgan fingerprint density at radius 3 is 2.53 bits per heavy atom. The van der Waals surface area contributed by atoms with Crippen molar-refractivity contribution in [3.63, 3.8) is 0 Å². The molecule has 1 aromatic carbocycles. The van der Waals surface area contributed by atoms with Crippen molar-refractivity contribution in [1.82, 2.24) is 5.32 Å². The fourth-order valence-electron chi connectivity index (χ4n) is 1.17. The van der Waals surface area contributed by atoms with E-state index in [2.05, 4.69) is 10.1 Å². The van der Waals surface area contributed by atoms with Gasteiger partial charge in [-0.25, -0.2) is 4.79 Å². The highest BCUT2D eigenvalue weighted by Crippen LogP contribution is 2.05. The molecular formula is C12H14N2O3. The lowest BCUT2D eigenvalue weighted by Crippen LogP contribution is -2.33. The van der Waals surface area contributed by atoms with E-state index in [1.807, 2.05) is 18.2 Å². The van der Waals surface area contributed by atoms with Crippen molar-refractivity contribution in [1.29, 1.82) is 0 Å². The molecule has 0 saturated heterocycles. The highest BCUT2D eigenvalue weighted by atomic mass is 16.5. The van der Waals surface area contributed by atoms with Gasteiger partial charge in [-0.15, -0.1) is 0 Å². The van der Waals surface area contributed by atoms with Crippen LogP contribution >= 0.6 is 0 Å². The van der Waals surface area contributed by atoms with E-state index in [0.29, 0.717) is 0 Å². The molecule has 1 amide bonds. The van der Waals surface area contributed by atoms with Crippen molar-refractivity contribution in [2.45, 2.75) is 0 Å². The number of nitrogens with two attached hydrogens (primary N) is 1. The molecule has 5 heteroatoms. The fourth-order valence-corrected chi connectivity index (χ4v) is 1.17. The molecule has 0 heterocycles. The predicted octanol–water partition coefficient (Wildman–Crippen LogP) is 0.275. The quantitative estimate of drug-likeness (QED) is 0.579. The van der Waals surface area contributed by atoms with E-state index < -0.39 is 11.9 Å². The molecule has 0 aromatic heterocycles. The maximum atomic E-state index is 11.4. The fraction of sp³-hybridized carbons (Fsp3) is 0.167. The third kappa shape index (κ3) is 4.08. The van der Waals surface area contributed by atoms with Crippen molar-refractivity contribution in [3.05, 3.63) is 41.6 Å². The second-order valence-corrected chi connectivity index (χ2v) is 3.21. The lowest BCUT2D eigenvalue weighted by Gasteiger charge is -2.06. The van der Waals surface area contributed by atoms with Crippen molar-refractivity contribution in [2.75, 3.05) is 13.7 Å². The minimum Gasteiger partial charge on any atom is -0.464 e. The number of esters is 1. The number of amides is 1. The van der Waals surface area contributed by atoms with Crippen LogP contribution in [0.1, 0.15) is 5.56 Å². The van der Waals surface area contributed by atoms with Gasteiger partial charge in [-0.2, -0.15) is 0 Å². The molecule has 17 heavy (non-hydrogen) atoms. The lowest BCUT2D eigenvalue weighted by molar-refractivity contribution is -0.137. The Balaban J connectivity index is 2.94. The summed E-state index contributed by atoms with van der Waals surface area (Å²) in [6.07, 6.45) is 1.53. The van der Waals surface area contributed by atoms with Crippen molar-refractivity contribution in [2.24, 2.45) is 5.73 Å². The SMILES string of the molecule is COC(=O)C(=Cc1ccccc1)NC(=O)CN. The van der Waals surface area contributed by atoms with Crippen molar-refractivity contribution >= 4 is 18.0 Å². The van der Waals surface area contributed by atoms with Crippen LogP contribution in [0.2, 0.25) is 0 Å². The van der Waals surface area contributed by atoms with Crippen LogP contribution in [0.25, 0.3) is 6.08 Å². The molecule has 0 bridgehead atoms. The van der Waals surface area contributed by atoms with E-state index in [-0.39, 0.29) is 12.2 Å². The van der Waals surface area contributed by atoms with Gasteiger partial charge >= 0.3 is 5.97 Å². The Hall–Kier alpha value is -2.14. The summed E-state index contributed by atoms with van der Waals surface area (Å²) < 4.78 is 4.57. The Morgan fingerprint density at radius 1 is 1.35 bits per heavy atom. The van der Waals surface area contributed by atoms with E-state index in [4.69, 9.17) is 5.73 Å². The van der Waals surface area contributed by atoms with Gasteiger partial charge in [-0.3, -0.25) is 4.79 Å². The van der Waals surface area contributed by atoms with Crippen LogP contribution in [0.3, 0.4) is 0 Å². The number of nitrogens with one attached hydrogen (secondary N) is 1. The van der Waals surface area contributed by atoms with Crippen molar-refractivity contribution < 1.29 is 14.3 Å². The highest BCUT2D eigenvalue weighted by molar-refractivity contribution is 5.98. The Bertz CT molecular complexity index is 427. The number of rotatable bonds is 4. The molecule has 90 valence electrons. The molecule has 1 rings (SSSR count). The summed E-state index contributed by atoms with van der Waals surface area (Å²) >= 11 is 0. The second-order valence-electron chi connectivity index (χ2n) is 3.21. The van der Waals surface area contributed by atoms with Crippen LogP contribution in [0, 0.1) is 0 Å². The summed E-state index contributed by atoms with van der Waals surface area (Å²) in [6, 6.07) is 9.11. The summed E-state index contributed by atoms with van der Waals surface area (Å²) in [5, 5.41) is 2.39. The monoisotopic (exact) mass is 234 g/mol. The second kappa shape index (κ2) is 6.44. The molecule has 3 N–H and O–H groups in total. The summed E-state index contributed by atoms with van der Waals surface area (Å²) in [5.74, 6) is -1.06. The number of carbonyl (C=O) groups excluding carboxylic acids is 2. The van der Waals surface area contributed by atoms with Gasteiger partial charge in [0.2, 0.25) is 5.91 Å². The number of carbonyl (C=O) groups is 2. The number of methoxy groups -OCH3 is 1. The molecule has 0 aliphatic rings. The first kappa shape index (κ1) is 12.9. The van der Waals surface area contributed by atoms with Gasteiger partial charge in [0, 0.05) is 0 Å². The highest BCUT2D eigenvalue weighted by Gasteiger charge is 2.12. The molecule has 0 unspecified atom stereocenters. The van der Waals surface area contributed by atoms with Crippen LogP contribution < -0.4 is 11.1 Å². The molecular weight excluding hydrogens is 220 g/mol. The van der Waals surface area contributed by atoms with Gasteiger partial charge in [0.1, 0.15) is 5.70 Å². The maximum absolute atomic E-state index is 11.4. The Kier molecular flexibility index (Phi) is 4.90. The average molecular weight is 234 g/mol. The first-order valence-corrected chi connectivity index (χ1v) is 5.02. The van der Waals surface area contributed by atoms with Gasteiger partial charge in [0.25, 0.3) is 0 Å². The van der Waals surface area contributed by atoms with Crippen LogP contribution in [0.5, 0.6) is 0 Å². The van der Waals surface area contributed by atoms with Crippen molar-refractivity contribution in [3.8, 4) is 0 Å². The first-order chi connectivity index (χ1) is 8.17. The van der Waals surface area contributed by atoms with E-state index in [0.717, 1.165) is 5.56 Å². The van der Waals surface area contributed by atoms with E-state index in [1.165, 1.54) is 13.2 Å². The standard InChI is InChI=1S/C12H14N2O3/c1-17-12(16)10(14-11(15)8-13)7-9-5-3-2-4-6-9/h2-7H,8,13H2,1H3,(H,14,15). The minimum atomic E-state index is -0.615. The molecule has 0 radical (unpaired) electrons. The Morgan fingerprint density at radius 2 is 2.00 bits per heavy atom. The lowest BCUT2D eigenvalue weighted by atomic mass is 10.2. The summed E-state index contributed by atoms with van der Waals surface area (Å²) in [6.45, 7) is -0.191. The molecule has 0 saturated carbocycles. The van der Waals surface area contributed by atoms with Gasteiger partial charge in [0.05, 0.1) is 13.7 Å². The zero-order valence-electron chi connectivity index (χ0n) is 9.47. The third-order valence-electron chi connectivity index (χ3n) is 1.98. The maximum Gasteiger partial charge on any atom is 0.354 e. The zero-order valence-corrected chi connectivity index (χ0v) is 9.47. The third-order valence-corrected chi connectivity index (χ3v) is 1.98. The van der Waals surface area contributed by atoms with Crippen LogP contribution in [-0.2, 0) is 14.3 Å². The Labute approximate surface area is 99.3 Å². The molecule has 5 nitrogen and oxygen atoms in total. The van der Waals surface area contributed by atoms with E-state index in [1.54, 1.807) is 12.1 Å².